The van der Waals surface area contributed by atoms with Crippen molar-refractivity contribution >= 4 is 5.97 Å². The summed E-state index contributed by atoms with van der Waals surface area (Å²) >= 11 is 0. The second-order valence-corrected chi connectivity index (χ2v) is 2.78. The first-order valence-corrected chi connectivity index (χ1v) is 4.22. The first kappa shape index (κ1) is 12.4. The summed E-state index contributed by atoms with van der Waals surface area (Å²) in [5, 5.41) is 10.8. The number of rotatable bonds is 2. The van der Waals surface area contributed by atoms with Crippen molar-refractivity contribution in [2.24, 2.45) is 0 Å². The van der Waals surface area contributed by atoms with Crippen LogP contribution in [0.1, 0.15) is 10.5 Å². The van der Waals surface area contributed by atoms with Gasteiger partial charge in [-0.1, -0.05) is 0 Å². The van der Waals surface area contributed by atoms with E-state index in [2.05, 4.69) is 15.0 Å². The Morgan fingerprint density at radius 3 is 2.31 bits per heavy atom. The molecular weight excluding hydrogens is 201 g/mol. The molecule has 0 aliphatic carbocycles. The molecule has 0 saturated heterocycles. The SMILES string of the molecule is O=C([O-])c1nccnc1-c1ccncc1.[Li+]. The van der Waals surface area contributed by atoms with Crippen molar-refractivity contribution in [3.05, 3.63) is 42.6 Å². The van der Waals surface area contributed by atoms with E-state index in [9.17, 15) is 9.90 Å². The van der Waals surface area contributed by atoms with Gasteiger partial charge >= 0.3 is 18.9 Å². The van der Waals surface area contributed by atoms with Gasteiger partial charge in [0.15, 0.2) is 0 Å². The first-order chi connectivity index (χ1) is 7.29. The Morgan fingerprint density at radius 2 is 1.69 bits per heavy atom. The minimum absolute atomic E-state index is 0. The number of pyridine rings is 1. The molecule has 0 amide bonds. The predicted molar refractivity (Wildman–Crippen MR) is 49.6 cm³/mol. The number of aromatic carboxylic acids is 1. The van der Waals surface area contributed by atoms with E-state index in [1.54, 1.807) is 24.5 Å². The van der Waals surface area contributed by atoms with E-state index in [1.165, 1.54) is 12.4 Å². The zero-order chi connectivity index (χ0) is 10.7. The fraction of sp³-hybridized carbons (Fsp3) is 0. The van der Waals surface area contributed by atoms with Gasteiger partial charge in [0.25, 0.3) is 0 Å². The maximum atomic E-state index is 10.8. The van der Waals surface area contributed by atoms with E-state index in [4.69, 9.17) is 0 Å². The smallest absolute Gasteiger partial charge is 0.543 e. The quantitative estimate of drug-likeness (QED) is 0.487. The predicted octanol–water partition coefficient (Wildman–Crippen LogP) is -3.09. The molecule has 16 heavy (non-hydrogen) atoms. The van der Waals surface area contributed by atoms with Crippen LogP contribution in [0.3, 0.4) is 0 Å². The molecule has 0 radical (unpaired) electrons. The average Bonchev–Trinajstić information content (AvgIpc) is 2.30. The molecule has 2 rings (SSSR count). The monoisotopic (exact) mass is 207 g/mol. The number of carboxylic acids is 1. The summed E-state index contributed by atoms with van der Waals surface area (Å²) in [5.74, 6) is -1.34. The van der Waals surface area contributed by atoms with Crippen molar-refractivity contribution in [2.45, 2.75) is 0 Å². The summed E-state index contributed by atoms with van der Waals surface area (Å²) in [5.41, 5.74) is 0.779. The third-order valence-electron chi connectivity index (χ3n) is 1.85. The topological polar surface area (TPSA) is 78.8 Å². The zero-order valence-electron chi connectivity index (χ0n) is 8.62. The van der Waals surface area contributed by atoms with Gasteiger partial charge < -0.3 is 9.90 Å². The van der Waals surface area contributed by atoms with Crippen LogP contribution < -0.4 is 24.0 Å². The Balaban J connectivity index is 0.00000128. The summed E-state index contributed by atoms with van der Waals surface area (Å²) in [6.45, 7) is 0. The van der Waals surface area contributed by atoms with Crippen LogP contribution >= 0.6 is 0 Å². The van der Waals surface area contributed by atoms with Crippen LogP contribution in [0.4, 0.5) is 0 Å². The molecule has 5 nitrogen and oxygen atoms in total. The van der Waals surface area contributed by atoms with Crippen LogP contribution in [0, 0.1) is 0 Å². The van der Waals surface area contributed by atoms with Crippen molar-refractivity contribution in [1.29, 1.82) is 0 Å². The molecule has 0 spiro atoms. The van der Waals surface area contributed by atoms with Crippen molar-refractivity contribution in [1.82, 2.24) is 15.0 Å². The third kappa shape index (κ3) is 2.45. The molecule has 2 aromatic heterocycles. The van der Waals surface area contributed by atoms with Gasteiger partial charge in [0.05, 0.1) is 11.7 Å². The van der Waals surface area contributed by atoms with Crippen LogP contribution in [0.15, 0.2) is 36.9 Å². The average molecular weight is 207 g/mol. The number of aromatic nitrogens is 3. The van der Waals surface area contributed by atoms with E-state index in [-0.39, 0.29) is 24.6 Å². The van der Waals surface area contributed by atoms with Gasteiger partial charge in [-0.25, -0.2) is 0 Å². The molecule has 0 aliphatic heterocycles. The van der Waals surface area contributed by atoms with Crippen LogP contribution in [0.5, 0.6) is 0 Å². The second-order valence-electron chi connectivity index (χ2n) is 2.78. The molecule has 0 saturated carbocycles. The molecule has 0 atom stereocenters. The Hall–Kier alpha value is -1.70. The molecule has 2 heterocycles. The van der Waals surface area contributed by atoms with Gasteiger partial charge in [0.1, 0.15) is 5.69 Å². The molecule has 0 aromatic carbocycles. The van der Waals surface area contributed by atoms with Gasteiger partial charge in [-0.2, -0.15) is 0 Å². The number of carbonyl (C=O) groups is 1. The number of nitrogens with zero attached hydrogens (tertiary/aromatic N) is 3. The maximum Gasteiger partial charge on any atom is 1.00 e. The number of carbonyl (C=O) groups excluding carboxylic acids is 1. The fourth-order valence-electron chi connectivity index (χ4n) is 1.21. The molecule has 0 bridgehead atoms. The molecule has 74 valence electrons. The van der Waals surface area contributed by atoms with Crippen molar-refractivity contribution in [3.8, 4) is 11.3 Å². The van der Waals surface area contributed by atoms with Crippen molar-refractivity contribution < 1.29 is 28.8 Å². The molecule has 0 unspecified atom stereocenters. The molecule has 0 fully saturated rings. The van der Waals surface area contributed by atoms with Crippen LogP contribution in [-0.4, -0.2) is 20.9 Å². The molecule has 0 N–H and O–H groups in total. The Morgan fingerprint density at radius 1 is 1.06 bits per heavy atom. The third-order valence-corrected chi connectivity index (χ3v) is 1.85. The number of carboxylic acid groups (broad SMARTS) is 1. The molecule has 2 aromatic rings. The fourth-order valence-corrected chi connectivity index (χ4v) is 1.21. The van der Waals surface area contributed by atoms with E-state index in [0.717, 1.165) is 0 Å². The van der Waals surface area contributed by atoms with E-state index in [1.807, 2.05) is 0 Å². The largest absolute Gasteiger partial charge is 1.00 e. The number of hydrogen-bond acceptors (Lipinski definition) is 5. The normalized spacial score (nSPS) is 9.25. The summed E-state index contributed by atoms with van der Waals surface area (Å²) < 4.78 is 0. The summed E-state index contributed by atoms with van der Waals surface area (Å²) in [6, 6.07) is 3.33. The molecule has 6 heteroatoms. The number of hydrogen-bond donors (Lipinski definition) is 0. The van der Waals surface area contributed by atoms with Gasteiger partial charge in [-0.05, 0) is 12.1 Å². The van der Waals surface area contributed by atoms with Gasteiger partial charge in [0, 0.05) is 30.4 Å². The molecular formula is C10H6LiN3O2. The first-order valence-electron chi connectivity index (χ1n) is 4.22. The summed E-state index contributed by atoms with van der Waals surface area (Å²) in [4.78, 5) is 22.3. The van der Waals surface area contributed by atoms with Crippen molar-refractivity contribution in [3.63, 3.8) is 0 Å². The molecule has 0 aliphatic rings. The van der Waals surface area contributed by atoms with E-state index >= 15 is 0 Å². The second kappa shape index (κ2) is 5.40. The van der Waals surface area contributed by atoms with Crippen LogP contribution in [-0.2, 0) is 0 Å². The van der Waals surface area contributed by atoms with Gasteiger partial charge in [-0.3, -0.25) is 15.0 Å². The summed E-state index contributed by atoms with van der Waals surface area (Å²) in [7, 11) is 0. The zero-order valence-corrected chi connectivity index (χ0v) is 8.62. The van der Waals surface area contributed by atoms with Gasteiger partial charge in [-0.15, -0.1) is 0 Å². The van der Waals surface area contributed by atoms with Crippen LogP contribution in [0.2, 0.25) is 0 Å². The van der Waals surface area contributed by atoms with E-state index in [0.29, 0.717) is 11.3 Å². The minimum atomic E-state index is -1.34. The van der Waals surface area contributed by atoms with E-state index < -0.39 is 5.97 Å². The Bertz CT molecular complexity index is 490. The maximum absolute atomic E-state index is 10.8. The van der Waals surface area contributed by atoms with Gasteiger partial charge in [0.2, 0.25) is 0 Å². The standard InChI is InChI=1S/C10H7N3O2.Li/c14-10(15)9-8(12-5-6-13-9)7-1-3-11-4-2-7;/h1-6H,(H,14,15);/q;+1/p-1. The minimum Gasteiger partial charge on any atom is -0.543 e. The Kier molecular flexibility index (Phi) is 4.17. The Labute approximate surface area is 104 Å². The van der Waals surface area contributed by atoms with Crippen LogP contribution in [0.25, 0.3) is 11.3 Å². The summed E-state index contributed by atoms with van der Waals surface area (Å²) in [6.07, 6.45) is 5.87. The van der Waals surface area contributed by atoms with Crippen molar-refractivity contribution in [2.75, 3.05) is 0 Å².